The summed E-state index contributed by atoms with van der Waals surface area (Å²) < 4.78 is 0. The van der Waals surface area contributed by atoms with Gasteiger partial charge in [0, 0.05) is 19.6 Å². The summed E-state index contributed by atoms with van der Waals surface area (Å²) in [6.45, 7) is 3.29. The van der Waals surface area contributed by atoms with Crippen LogP contribution in [0.4, 0.5) is 0 Å². The van der Waals surface area contributed by atoms with Crippen LogP contribution < -0.4 is 27.3 Å². The molecule has 2 heterocycles. The predicted molar refractivity (Wildman–Crippen MR) is 158 cm³/mol. The van der Waals surface area contributed by atoms with Gasteiger partial charge in [-0.3, -0.25) is 14.9 Å². The van der Waals surface area contributed by atoms with E-state index in [0.717, 1.165) is 63.0 Å². The number of nitrogens with zero attached hydrogens (tertiary/aromatic N) is 4. The average Bonchev–Trinajstić information content (AvgIpc) is 3.67. The molecule has 0 bridgehead atoms. The smallest absolute Gasteiger partial charge is 0.219 e. The third-order valence-electron chi connectivity index (χ3n) is 7.62. The molecule has 1 aromatic rings. The second-order valence-electron chi connectivity index (χ2n) is 10.9. The Kier molecular flexibility index (Phi) is 18.8. The fraction of sp³-hybridized carbons (Fsp3) is 0.857. The Balaban J connectivity index is 1.31. The molecule has 1 amide bonds. The molecule has 12 nitrogen and oxygen atoms in total. The quantitative estimate of drug-likeness (QED) is 0.0730. The van der Waals surface area contributed by atoms with Gasteiger partial charge in [0.1, 0.15) is 5.78 Å². The number of nitrogens with two attached hydrogens (primary N) is 1. The highest BCUT2D eigenvalue weighted by molar-refractivity contribution is 5.92. The van der Waals surface area contributed by atoms with Crippen molar-refractivity contribution in [1.82, 2.24) is 42.2 Å². The average molecular weight is 563 g/mol. The van der Waals surface area contributed by atoms with E-state index in [-0.39, 0.29) is 23.7 Å². The van der Waals surface area contributed by atoms with Crippen molar-refractivity contribution in [3.05, 3.63) is 5.82 Å². The fourth-order valence-corrected chi connectivity index (χ4v) is 5.20. The molecule has 0 aromatic carbocycles. The van der Waals surface area contributed by atoms with Crippen LogP contribution in [0.25, 0.3) is 0 Å². The number of carbonyl (C=O) groups is 2. The normalized spacial score (nSPS) is 14.5. The number of amides is 1. The Morgan fingerprint density at radius 1 is 0.875 bits per heavy atom. The Morgan fingerprint density at radius 2 is 1.50 bits per heavy atom. The SMILES string of the molecule is CC(=O)[C@H](CCCCNC(=O)CCCCCCCCCCCCCCCC(C1=NNNC1)c1nn[nH]n1)NCN. The van der Waals surface area contributed by atoms with Gasteiger partial charge in [-0.05, 0) is 39.0 Å². The first kappa shape index (κ1) is 33.8. The molecule has 12 heteroatoms. The Hall–Kier alpha value is -2.44. The van der Waals surface area contributed by atoms with Crippen molar-refractivity contribution < 1.29 is 9.59 Å². The van der Waals surface area contributed by atoms with E-state index in [1.807, 2.05) is 0 Å². The van der Waals surface area contributed by atoms with E-state index in [0.29, 0.717) is 19.6 Å². The van der Waals surface area contributed by atoms with E-state index in [1.165, 1.54) is 64.2 Å². The van der Waals surface area contributed by atoms with Gasteiger partial charge in [-0.1, -0.05) is 82.3 Å². The van der Waals surface area contributed by atoms with E-state index in [2.05, 4.69) is 47.3 Å². The van der Waals surface area contributed by atoms with Gasteiger partial charge in [0.05, 0.1) is 24.2 Å². The molecule has 0 fully saturated rings. The summed E-state index contributed by atoms with van der Waals surface area (Å²) in [4.78, 5) is 23.5. The second kappa shape index (κ2) is 22.3. The third-order valence-corrected chi connectivity index (χ3v) is 7.62. The molecule has 1 aliphatic rings. The number of Topliss-reactive ketones (excluding diaryl/α,β-unsaturated/α-hetero) is 1. The first-order chi connectivity index (χ1) is 19.6. The van der Waals surface area contributed by atoms with Crippen LogP contribution in [0.3, 0.4) is 0 Å². The Labute approximate surface area is 240 Å². The summed E-state index contributed by atoms with van der Waals surface area (Å²) in [7, 11) is 0. The summed E-state index contributed by atoms with van der Waals surface area (Å²) in [5.74, 6) is 1.13. The van der Waals surface area contributed by atoms with Crippen molar-refractivity contribution in [1.29, 1.82) is 0 Å². The topological polar surface area (TPSA) is 175 Å². The Bertz CT molecular complexity index is 818. The number of hydrogen-bond donors (Lipinski definition) is 6. The zero-order chi connectivity index (χ0) is 28.7. The summed E-state index contributed by atoms with van der Waals surface area (Å²) in [5.41, 5.74) is 12.3. The van der Waals surface area contributed by atoms with Crippen LogP contribution >= 0.6 is 0 Å². The summed E-state index contributed by atoms with van der Waals surface area (Å²) in [6, 6.07) is -0.167. The summed E-state index contributed by atoms with van der Waals surface area (Å²) in [6.07, 6.45) is 20.3. The van der Waals surface area contributed by atoms with Crippen molar-refractivity contribution in [2.24, 2.45) is 10.8 Å². The van der Waals surface area contributed by atoms with Gasteiger partial charge < -0.3 is 11.1 Å². The minimum Gasteiger partial charge on any atom is -0.356 e. The van der Waals surface area contributed by atoms with Crippen LogP contribution in [0.5, 0.6) is 0 Å². The van der Waals surface area contributed by atoms with Crippen LogP contribution in [-0.2, 0) is 9.59 Å². The van der Waals surface area contributed by atoms with Gasteiger partial charge in [-0.25, -0.2) is 11.0 Å². The predicted octanol–water partition coefficient (Wildman–Crippen LogP) is 3.35. The van der Waals surface area contributed by atoms with Gasteiger partial charge in [0.2, 0.25) is 5.91 Å². The number of carbonyl (C=O) groups excluding carboxylic acids is 2. The van der Waals surface area contributed by atoms with Gasteiger partial charge in [-0.2, -0.15) is 10.3 Å². The van der Waals surface area contributed by atoms with E-state index in [4.69, 9.17) is 5.73 Å². The molecule has 0 saturated heterocycles. The van der Waals surface area contributed by atoms with Crippen LogP contribution in [0.2, 0.25) is 0 Å². The van der Waals surface area contributed by atoms with Crippen molar-refractivity contribution in [2.75, 3.05) is 19.8 Å². The maximum atomic E-state index is 12.0. The molecule has 228 valence electrons. The van der Waals surface area contributed by atoms with Crippen LogP contribution in [0.15, 0.2) is 5.10 Å². The third kappa shape index (κ3) is 15.4. The molecule has 0 aliphatic carbocycles. The minimum atomic E-state index is -0.167. The van der Waals surface area contributed by atoms with Gasteiger partial charge >= 0.3 is 0 Å². The zero-order valence-electron chi connectivity index (χ0n) is 24.7. The lowest BCUT2D eigenvalue weighted by Crippen LogP contribution is -2.39. The number of unbranched alkanes of at least 4 members (excludes halogenated alkanes) is 13. The highest BCUT2D eigenvalue weighted by atomic mass is 16.1. The number of hydrogen-bond acceptors (Lipinski definition) is 10. The molecule has 0 spiro atoms. The van der Waals surface area contributed by atoms with Crippen LogP contribution in [0.1, 0.15) is 134 Å². The number of hydrazone groups is 1. The minimum absolute atomic E-state index is 0.117. The highest BCUT2D eigenvalue weighted by Crippen LogP contribution is 2.22. The monoisotopic (exact) mass is 562 g/mol. The van der Waals surface area contributed by atoms with Gasteiger partial charge in [0.15, 0.2) is 5.82 Å². The molecule has 0 radical (unpaired) electrons. The number of H-pyrrole nitrogens is 1. The van der Waals surface area contributed by atoms with Crippen molar-refractivity contribution in [3.63, 3.8) is 0 Å². The van der Waals surface area contributed by atoms with E-state index in [9.17, 15) is 9.59 Å². The lowest BCUT2D eigenvalue weighted by atomic mass is 9.94. The molecule has 0 saturated carbocycles. The number of nitrogens with one attached hydrogen (secondary N) is 5. The first-order valence-electron chi connectivity index (χ1n) is 15.6. The molecule has 1 aromatic heterocycles. The van der Waals surface area contributed by atoms with Gasteiger partial charge in [0.25, 0.3) is 0 Å². The number of ketones is 1. The van der Waals surface area contributed by atoms with E-state index < -0.39 is 0 Å². The maximum Gasteiger partial charge on any atom is 0.219 e. The van der Waals surface area contributed by atoms with Crippen LogP contribution in [-0.4, -0.2) is 63.8 Å². The van der Waals surface area contributed by atoms with Gasteiger partial charge in [-0.15, -0.1) is 10.2 Å². The standard InChI is InChI=1S/C28H54N10O2/c1-23(39)25(31-22-29)18-15-16-20-30-27(40)19-14-12-10-8-6-4-2-3-5-7-9-11-13-17-24(26-21-32-36-33-26)28-34-37-38-35-28/h24-25,31-32,36H,2-22,29H2,1H3,(H,30,40)(H,34,35,37,38)/t24?,25-/m0/s1. The molecule has 1 unspecified atom stereocenters. The first-order valence-corrected chi connectivity index (χ1v) is 15.6. The van der Waals surface area contributed by atoms with E-state index >= 15 is 0 Å². The fourth-order valence-electron chi connectivity index (χ4n) is 5.20. The van der Waals surface area contributed by atoms with Crippen molar-refractivity contribution in [3.8, 4) is 0 Å². The summed E-state index contributed by atoms with van der Waals surface area (Å²) in [5, 5.41) is 24.9. The molecule has 2 atom stereocenters. The second-order valence-corrected chi connectivity index (χ2v) is 10.9. The molecule has 7 N–H and O–H groups in total. The Morgan fingerprint density at radius 3 is 2.05 bits per heavy atom. The van der Waals surface area contributed by atoms with Crippen molar-refractivity contribution >= 4 is 17.4 Å². The van der Waals surface area contributed by atoms with Crippen molar-refractivity contribution in [2.45, 2.75) is 134 Å². The number of aromatic amines is 1. The van der Waals surface area contributed by atoms with Crippen LogP contribution in [0, 0.1) is 0 Å². The lowest BCUT2D eigenvalue weighted by Gasteiger charge is -2.14. The summed E-state index contributed by atoms with van der Waals surface area (Å²) >= 11 is 0. The zero-order valence-corrected chi connectivity index (χ0v) is 24.7. The molecular formula is C28H54N10O2. The lowest BCUT2D eigenvalue weighted by molar-refractivity contribution is -0.121. The molecule has 1 aliphatic heterocycles. The highest BCUT2D eigenvalue weighted by Gasteiger charge is 2.24. The number of rotatable bonds is 26. The molecule has 40 heavy (non-hydrogen) atoms. The van der Waals surface area contributed by atoms with E-state index in [1.54, 1.807) is 6.92 Å². The largest absolute Gasteiger partial charge is 0.356 e. The maximum absolute atomic E-state index is 12.0. The number of hydrazine groups is 1. The number of tetrazole rings is 1. The molecular weight excluding hydrogens is 508 g/mol. The molecule has 2 rings (SSSR count). The number of aromatic nitrogens is 4.